The molecule has 1 N–H and O–H groups in total. The number of rotatable bonds is 3. The molecule has 19 heavy (non-hydrogen) atoms. The zero-order valence-corrected chi connectivity index (χ0v) is 11.0. The van der Waals surface area contributed by atoms with Crippen LogP contribution < -0.4 is 4.74 Å². The molecule has 0 atom stereocenters. The highest BCUT2D eigenvalue weighted by molar-refractivity contribution is 5.10. The van der Waals surface area contributed by atoms with E-state index in [-0.39, 0.29) is 6.10 Å². The number of nitrogens with one attached hydrogen (secondary N) is 1. The van der Waals surface area contributed by atoms with Crippen LogP contribution in [0.5, 0.6) is 5.88 Å². The summed E-state index contributed by atoms with van der Waals surface area (Å²) >= 11 is 0. The molecule has 5 nitrogen and oxygen atoms in total. The van der Waals surface area contributed by atoms with Crippen molar-refractivity contribution in [2.75, 3.05) is 0 Å². The van der Waals surface area contributed by atoms with Gasteiger partial charge in [-0.3, -0.25) is 0 Å². The van der Waals surface area contributed by atoms with E-state index >= 15 is 0 Å². The van der Waals surface area contributed by atoms with Crippen LogP contribution in [-0.4, -0.2) is 26.3 Å². The standard InChI is InChI=1S/C14H18N4O/c1-10-16-14(18-17-10)11-5-7-12(8-6-11)19-13-4-2-3-9-15-13/h2-4,9,11-12H,5-8H2,1H3,(H,16,17,18). The third-order valence-electron chi connectivity index (χ3n) is 3.60. The van der Waals surface area contributed by atoms with Crippen LogP contribution in [0.15, 0.2) is 24.4 Å². The van der Waals surface area contributed by atoms with E-state index in [4.69, 9.17) is 4.74 Å². The quantitative estimate of drug-likeness (QED) is 0.919. The first-order valence-electron chi connectivity index (χ1n) is 6.78. The van der Waals surface area contributed by atoms with E-state index in [9.17, 15) is 0 Å². The molecule has 0 saturated heterocycles. The molecule has 0 aromatic carbocycles. The second-order valence-electron chi connectivity index (χ2n) is 5.06. The van der Waals surface area contributed by atoms with Crippen LogP contribution in [0, 0.1) is 6.92 Å². The first-order chi connectivity index (χ1) is 9.31. The Labute approximate surface area is 112 Å². The predicted octanol–water partition coefficient (Wildman–Crippen LogP) is 2.61. The molecule has 0 amide bonds. The van der Waals surface area contributed by atoms with Gasteiger partial charge in [-0.2, -0.15) is 0 Å². The molecule has 2 aromatic rings. The Hall–Kier alpha value is -1.91. The van der Waals surface area contributed by atoms with Gasteiger partial charge in [0.2, 0.25) is 5.88 Å². The summed E-state index contributed by atoms with van der Waals surface area (Å²) in [5.41, 5.74) is 0. The van der Waals surface area contributed by atoms with Crippen LogP contribution in [0.4, 0.5) is 0 Å². The van der Waals surface area contributed by atoms with E-state index in [1.807, 2.05) is 25.1 Å². The van der Waals surface area contributed by atoms with Gasteiger partial charge in [0, 0.05) is 18.2 Å². The minimum absolute atomic E-state index is 0.273. The van der Waals surface area contributed by atoms with Crippen molar-refractivity contribution in [1.82, 2.24) is 20.2 Å². The lowest BCUT2D eigenvalue weighted by atomic mass is 9.87. The second-order valence-corrected chi connectivity index (χ2v) is 5.06. The predicted molar refractivity (Wildman–Crippen MR) is 71.0 cm³/mol. The smallest absolute Gasteiger partial charge is 0.213 e. The minimum Gasteiger partial charge on any atom is -0.474 e. The summed E-state index contributed by atoms with van der Waals surface area (Å²) in [4.78, 5) is 7.44. The molecule has 0 unspecified atom stereocenters. The average molecular weight is 258 g/mol. The fourth-order valence-corrected chi connectivity index (χ4v) is 2.59. The molecule has 5 heteroatoms. The van der Waals surface area contributed by atoms with Gasteiger partial charge in [-0.25, -0.2) is 4.98 Å². The van der Waals surface area contributed by atoms with Gasteiger partial charge in [-0.1, -0.05) is 6.07 Å². The number of aromatic amines is 1. The Morgan fingerprint density at radius 3 is 2.63 bits per heavy atom. The fourth-order valence-electron chi connectivity index (χ4n) is 2.59. The van der Waals surface area contributed by atoms with Crippen molar-refractivity contribution in [2.45, 2.75) is 44.6 Å². The lowest BCUT2D eigenvalue weighted by molar-refractivity contribution is 0.139. The van der Waals surface area contributed by atoms with Gasteiger partial charge in [-0.05, 0) is 38.7 Å². The number of hydrogen-bond acceptors (Lipinski definition) is 4. The summed E-state index contributed by atoms with van der Waals surface area (Å²) in [5.74, 6) is 3.13. The van der Waals surface area contributed by atoms with Crippen LogP contribution in [-0.2, 0) is 0 Å². The summed E-state index contributed by atoms with van der Waals surface area (Å²) in [6, 6.07) is 5.76. The Morgan fingerprint density at radius 1 is 1.16 bits per heavy atom. The lowest BCUT2D eigenvalue weighted by Crippen LogP contribution is -2.24. The Kier molecular flexibility index (Phi) is 3.44. The first-order valence-corrected chi connectivity index (χ1v) is 6.78. The normalized spacial score (nSPS) is 23.2. The molecule has 0 spiro atoms. The highest BCUT2D eigenvalue weighted by atomic mass is 16.5. The Morgan fingerprint density at radius 2 is 2.00 bits per heavy atom. The number of nitrogens with zero attached hydrogens (tertiary/aromatic N) is 3. The topological polar surface area (TPSA) is 63.7 Å². The van der Waals surface area contributed by atoms with E-state index in [1.54, 1.807) is 6.20 Å². The van der Waals surface area contributed by atoms with Crippen molar-refractivity contribution in [3.05, 3.63) is 36.0 Å². The number of pyridine rings is 1. The number of ether oxygens (including phenoxy) is 1. The third kappa shape index (κ3) is 2.92. The number of aryl methyl sites for hydroxylation is 1. The van der Waals surface area contributed by atoms with Gasteiger partial charge in [0.25, 0.3) is 0 Å². The molecule has 2 aromatic heterocycles. The average Bonchev–Trinajstić information content (AvgIpc) is 2.87. The van der Waals surface area contributed by atoms with Crippen LogP contribution in [0.2, 0.25) is 0 Å². The summed E-state index contributed by atoms with van der Waals surface area (Å²) in [6.45, 7) is 1.94. The molecule has 1 aliphatic carbocycles. The maximum Gasteiger partial charge on any atom is 0.213 e. The largest absolute Gasteiger partial charge is 0.474 e. The summed E-state index contributed by atoms with van der Waals surface area (Å²) in [5, 5.41) is 8.22. The second kappa shape index (κ2) is 5.38. The molecule has 0 radical (unpaired) electrons. The molecule has 0 aliphatic heterocycles. The van der Waals surface area contributed by atoms with Crippen molar-refractivity contribution >= 4 is 0 Å². The highest BCUT2D eigenvalue weighted by Gasteiger charge is 2.25. The van der Waals surface area contributed by atoms with Crippen LogP contribution in [0.25, 0.3) is 0 Å². The molecule has 0 bridgehead atoms. The van der Waals surface area contributed by atoms with Crippen molar-refractivity contribution in [3.63, 3.8) is 0 Å². The van der Waals surface area contributed by atoms with Gasteiger partial charge in [0.15, 0.2) is 0 Å². The van der Waals surface area contributed by atoms with Crippen molar-refractivity contribution in [2.24, 2.45) is 0 Å². The molecular weight excluding hydrogens is 240 g/mol. The lowest BCUT2D eigenvalue weighted by Gasteiger charge is -2.27. The summed E-state index contributed by atoms with van der Waals surface area (Å²) in [6.07, 6.45) is 6.30. The van der Waals surface area contributed by atoms with Crippen molar-refractivity contribution in [1.29, 1.82) is 0 Å². The summed E-state index contributed by atoms with van der Waals surface area (Å²) < 4.78 is 5.89. The molecule has 1 saturated carbocycles. The monoisotopic (exact) mass is 258 g/mol. The molecule has 100 valence electrons. The molecule has 1 aliphatic rings. The van der Waals surface area contributed by atoms with Gasteiger partial charge >= 0.3 is 0 Å². The fraction of sp³-hybridized carbons (Fsp3) is 0.500. The van der Waals surface area contributed by atoms with Gasteiger partial charge in [0.05, 0.1) is 0 Å². The molecule has 2 heterocycles. The van der Waals surface area contributed by atoms with E-state index in [2.05, 4.69) is 20.2 Å². The van der Waals surface area contributed by atoms with Crippen molar-refractivity contribution < 1.29 is 4.74 Å². The molecule has 3 rings (SSSR count). The van der Waals surface area contributed by atoms with Crippen LogP contribution in [0.1, 0.15) is 43.3 Å². The summed E-state index contributed by atoms with van der Waals surface area (Å²) in [7, 11) is 0. The van der Waals surface area contributed by atoms with Crippen LogP contribution in [0.3, 0.4) is 0 Å². The third-order valence-corrected chi connectivity index (χ3v) is 3.60. The maximum absolute atomic E-state index is 5.89. The molecular formula is C14H18N4O. The Bertz CT molecular complexity index is 517. The van der Waals surface area contributed by atoms with Gasteiger partial charge in [0.1, 0.15) is 17.8 Å². The minimum atomic E-state index is 0.273. The van der Waals surface area contributed by atoms with E-state index in [1.165, 1.54) is 0 Å². The van der Waals surface area contributed by atoms with E-state index in [0.717, 1.165) is 43.2 Å². The number of H-pyrrole nitrogens is 1. The van der Waals surface area contributed by atoms with E-state index < -0.39 is 0 Å². The Balaban J connectivity index is 1.55. The van der Waals surface area contributed by atoms with Gasteiger partial charge in [-0.15, -0.1) is 10.2 Å². The number of aromatic nitrogens is 4. The zero-order chi connectivity index (χ0) is 13.1. The van der Waals surface area contributed by atoms with E-state index in [0.29, 0.717) is 5.92 Å². The zero-order valence-electron chi connectivity index (χ0n) is 11.0. The highest BCUT2D eigenvalue weighted by Crippen LogP contribution is 2.32. The number of hydrogen-bond donors (Lipinski definition) is 1. The maximum atomic E-state index is 5.89. The SMILES string of the molecule is Cc1nnc(C2CCC(Oc3ccccn3)CC2)[nH]1. The van der Waals surface area contributed by atoms with Crippen molar-refractivity contribution in [3.8, 4) is 5.88 Å². The molecule has 1 fully saturated rings. The van der Waals surface area contributed by atoms with Crippen LogP contribution >= 0.6 is 0 Å². The van der Waals surface area contributed by atoms with Gasteiger partial charge < -0.3 is 9.72 Å². The first kappa shape index (κ1) is 12.1.